The molecule has 0 aliphatic carbocycles. The van der Waals surface area contributed by atoms with E-state index in [-0.39, 0.29) is 6.17 Å². The maximum atomic E-state index is 9.66. The van der Waals surface area contributed by atoms with Crippen LogP contribution in [-0.2, 0) is 0 Å². The van der Waals surface area contributed by atoms with Gasteiger partial charge in [0.1, 0.15) is 12.0 Å². The highest BCUT2D eigenvalue weighted by atomic mass is 35.5. The highest BCUT2D eigenvalue weighted by molar-refractivity contribution is 8.03. The Kier molecular flexibility index (Phi) is 5.05. The van der Waals surface area contributed by atoms with Gasteiger partial charge in [0.05, 0.1) is 18.2 Å². The van der Waals surface area contributed by atoms with E-state index in [4.69, 9.17) is 11.6 Å². The molecule has 0 saturated carbocycles. The second-order valence-corrected chi connectivity index (χ2v) is 7.51. The average molecular weight is 394 g/mol. The summed E-state index contributed by atoms with van der Waals surface area (Å²) in [5, 5.41) is 12.3. The van der Waals surface area contributed by atoms with Crippen LogP contribution in [-0.4, -0.2) is 22.6 Å². The van der Waals surface area contributed by atoms with Crippen molar-refractivity contribution in [2.75, 3.05) is 11.6 Å². The molecule has 1 N–H and O–H groups in total. The summed E-state index contributed by atoms with van der Waals surface area (Å²) in [4.78, 5) is 8.52. The van der Waals surface area contributed by atoms with Gasteiger partial charge in [-0.25, -0.2) is 9.99 Å². The number of benzene rings is 1. The van der Waals surface area contributed by atoms with Crippen molar-refractivity contribution in [1.29, 1.82) is 5.26 Å². The molecule has 1 aromatic heterocycles. The van der Waals surface area contributed by atoms with E-state index in [2.05, 4.69) is 21.4 Å². The van der Waals surface area contributed by atoms with Gasteiger partial charge in [-0.1, -0.05) is 29.4 Å². The fraction of sp³-hybridized carbons (Fsp3) is 0.100. The second-order valence-electron chi connectivity index (χ2n) is 5.96. The number of hydrogen-bond acceptors (Lipinski definition) is 6. The molecule has 2 aliphatic heterocycles. The van der Waals surface area contributed by atoms with Crippen LogP contribution < -0.4 is 10.4 Å². The standard InChI is InChI=1S/C20H16ClN5S/c21-16-4-6-17(7-5-16)27-18-9-12-25(14-15(18)13-22)20-8-11-24-26(20)19-3-1-2-10-23-19/h1-12,20,24H,14H2. The lowest BCUT2D eigenvalue weighted by Crippen LogP contribution is -2.48. The SMILES string of the molecule is N#CC1=C(Sc2ccc(Cl)cc2)C=CN(C2C=CNN2c2ccccn2)C1. The molecule has 134 valence electrons. The Hall–Kier alpha value is -2.88. The third kappa shape index (κ3) is 3.80. The van der Waals surface area contributed by atoms with E-state index >= 15 is 0 Å². The van der Waals surface area contributed by atoms with Gasteiger partial charge < -0.3 is 10.3 Å². The molecule has 2 aromatic rings. The predicted octanol–water partition coefficient (Wildman–Crippen LogP) is 4.30. The van der Waals surface area contributed by atoms with Crippen molar-refractivity contribution in [3.8, 4) is 6.07 Å². The predicted molar refractivity (Wildman–Crippen MR) is 109 cm³/mol. The Balaban J connectivity index is 1.52. The van der Waals surface area contributed by atoms with Crippen molar-refractivity contribution in [3.05, 3.63) is 88.7 Å². The van der Waals surface area contributed by atoms with Gasteiger partial charge in [-0.05, 0) is 48.6 Å². The van der Waals surface area contributed by atoms with Crippen LogP contribution in [0.2, 0.25) is 5.02 Å². The van der Waals surface area contributed by atoms with E-state index in [1.54, 1.807) is 18.0 Å². The number of anilines is 1. The lowest BCUT2D eigenvalue weighted by molar-refractivity contribution is 0.331. The average Bonchev–Trinajstić information content (AvgIpc) is 3.20. The number of hydrogen-bond donors (Lipinski definition) is 1. The summed E-state index contributed by atoms with van der Waals surface area (Å²) in [6.45, 7) is 0.531. The van der Waals surface area contributed by atoms with E-state index in [0.29, 0.717) is 11.6 Å². The summed E-state index contributed by atoms with van der Waals surface area (Å²) >= 11 is 7.52. The molecule has 0 fully saturated rings. The monoisotopic (exact) mass is 393 g/mol. The number of aromatic nitrogens is 1. The highest BCUT2D eigenvalue weighted by Gasteiger charge is 2.28. The van der Waals surface area contributed by atoms with Crippen molar-refractivity contribution >= 4 is 29.2 Å². The third-order valence-electron chi connectivity index (χ3n) is 4.21. The number of hydrazine groups is 1. The van der Waals surface area contributed by atoms with Gasteiger partial charge in [0, 0.05) is 33.4 Å². The van der Waals surface area contributed by atoms with Crippen molar-refractivity contribution in [2.24, 2.45) is 0 Å². The molecule has 0 spiro atoms. The first-order valence-corrected chi connectivity index (χ1v) is 9.58. The number of pyridine rings is 1. The van der Waals surface area contributed by atoms with Crippen LogP contribution in [0.1, 0.15) is 0 Å². The summed E-state index contributed by atoms with van der Waals surface area (Å²) in [6.07, 6.45) is 9.66. The van der Waals surface area contributed by atoms with Crippen molar-refractivity contribution < 1.29 is 0 Å². The van der Waals surface area contributed by atoms with Crippen LogP contribution in [0.3, 0.4) is 0 Å². The summed E-state index contributed by atoms with van der Waals surface area (Å²) in [7, 11) is 0. The molecular weight excluding hydrogens is 378 g/mol. The Labute approximate surface area is 167 Å². The van der Waals surface area contributed by atoms with E-state index in [1.807, 2.05) is 72.0 Å². The molecule has 0 radical (unpaired) electrons. The number of thioether (sulfide) groups is 1. The third-order valence-corrected chi connectivity index (χ3v) is 5.58. The Morgan fingerprint density at radius 3 is 2.81 bits per heavy atom. The molecule has 4 rings (SSSR count). The fourth-order valence-electron chi connectivity index (χ4n) is 2.90. The molecule has 0 amide bonds. The van der Waals surface area contributed by atoms with Gasteiger partial charge in [0.2, 0.25) is 0 Å². The maximum absolute atomic E-state index is 9.66. The largest absolute Gasteiger partial charge is 0.348 e. The van der Waals surface area contributed by atoms with Crippen LogP contribution in [0.4, 0.5) is 5.82 Å². The topological polar surface area (TPSA) is 55.2 Å². The van der Waals surface area contributed by atoms with Crippen LogP contribution in [0, 0.1) is 11.3 Å². The van der Waals surface area contributed by atoms with E-state index in [1.165, 1.54) is 0 Å². The number of rotatable bonds is 4. The Morgan fingerprint density at radius 2 is 2.07 bits per heavy atom. The zero-order valence-corrected chi connectivity index (χ0v) is 15.9. The number of nitrogens with zero attached hydrogens (tertiary/aromatic N) is 4. The van der Waals surface area contributed by atoms with Crippen LogP contribution in [0.5, 0.6) is 0 Å². The molecule has 1 atom stereocenters. The molecular formula is C20H16ClN5S. The zero-order valence-electron chi connectivity index (χ0n) is 14.3. The number of allylic oxidation sites excluding steroid dienone is 1. The first-order chi connectivity index (χ1) is 13.2. The lowest BCUT2D eigenvalue weighted by atomic mass is 10.2. The molecule has 1 unspecified atom stereocenters. The lowest BCUT2D eigenvalue weighted by Gasteiger charge is -2.35. The van der Waals surface area contributed by atoms with E-state index in [9.17, 15) is 5.26 Å². The van der Waals surface area contributed by atoms with Crippen molar-refractivity contribution in [3.63, 3.8) is 0 Å². The van der Waals surface area contributed by atoms with Gasteiger partial charge in [0.25, 0.3) is 0 Å². The normalized spacial score (nSPS) is 18.6. The van der Waals surface area contributed by atoms with Gasteiger partial charge in [-0.3, -0.25) is 0 Å². The first-order valence-electron chi connectivity index (χ1n) is 8.38. The molecule has 0 bridgehead atoms. The van der Waals surface area contributed by atoms with Crippen molar-refractivity contribution in [1.82, 2.24) is 15.3 Å². The van der Waals surface area contributed by atoms with E-state index in [0.717, 1.165) is 21.2 Å². The summed E-state index contributed by atoms with van der Waals surface area (Å²) in [5.41, 5.74) is 3.94. The quantitative estimate of drug-likeness (QED) is 0.835. The van der Waals surface area contributed by atoms with E-state index < -0.39 is 0 Å². The minimum atomic E-state index is -0.0541. The van der Waals surface area contributed by atoms with Gasteiger partial charge >= 0.3 is 0 Å². The molecule has 5 nitrogen and oxygen atoms in total. The van der Waals surface area contributed by atoms with Gasteiger partial charge in [-0.15, -0.1) is 0 Å². The highest BCUT2D eigenvalue weighted by Crippen LogP contribution is 2.34. The van der Waals surface area contributed by atoms with Gasteiger partial charge in [0.15, 0.2) is 0 Å². The second kappa shape index (κ2) is 7.78. The number of nitriles is 1. The summed E-state index contributed by atoms with van der Waals surface area (Å²) < 4.78 is 0. The molecule has 7 heteroatoms. The van der Waals surface area contributed by atoms with Crippen LogP contribution >= 0.6 is 23.4 Å². The minimum Gasteiger partial charge on any atom is -0.348 e. The molecule has 27 heavy (non-hydrogen) atoms. The molecule has 2 aliphatic rings. The zero-order chi connectivity index (χ0) is 18.6. The smallest absolute Gasteiger partial charge is 0.149 e. The molecule has 0 saturated heterocycles. The Morgan fingerprint density at radius 1 is 1.22 bits per heavy atom. The van der Waals surface area contributed by atoms with Gasteiger partial charge in [-0.2, -0.15) is 5.26 Å². The number of halogens is 1. The summed E-state index contributed by atoms with van der Waals surface area (Å²) in [6, 6.07) is 15.8. The first kappa shape index (κ1) is 17.5. The molecule has 3 heterocycles. The van der Waals surface area contributed by atoms with Crippen LogP contribution in [0.15, 0.2) is 88.6 Å². The fourth-order valence-corrected chi connectivity index (χ4v) is 3.92. The van der Waals surface area contributed by atoms with Crippen LogP contribution in [0.25, 0.3) is 0 Å². The van der Waals surface area contributed by atoms with Crippen molar-refractivity contribution in [2.45, 2.75) is 11.1 Å². The summed E-state index contributed by atoms with van der Waals surface area (Å²) in [5.74, 6) is 0.824. The molecule has 1 aromatic carbocycles. The maximum Gasteiger partial charge on any atom is 0.149 e. The number of nitrogens with one attached hydrogen (secondary N) is 1. The Bertz CT molecular complexity index is 947. The minimum absolute atomic E-state index is 0.0541.